The molecule has 1 N–H and O–H groups in total. The SMILES string of the molecule is COc1cc(OC)c(C=CS(=O)(=O)Cc2cnc(OC)c(NC=CC(=O)c3cc(OC)c(OC)c(OC)c3)c2)c(OC)c1. The summed E-state index contributed by atoms with van der Waals surface area (Å²) < 4.78 is 63.2. The summed E-state index contributed by atoms with van der Waals surface area (Å²) in [5.41, 5.74) is 1.47. The summed E-state index contributed by atoms with van der Waals surface area (Å²) in [5.74, 6) is 1.79. The van der Waals surface area contributed by atoms with Crippen molar-refractivity contribution < 1.29 is 46.4 Å². The third kappa shape index (κ3) is 8.10. The van der Waals surface area contributed by atoms with E-state index >= 15 is 0 Å². The van der Waals surface area contributed by atoms with Crippen molar-refractivity contribution in [3.63, 3.8) is 0 Å². The molecule has 12 nitrogen and oxygen atoms in total. The van der Waals surface area contributed by atoms with Crippen molar-refractivity contribution in [1.29, 1.82) is 0 Å². The quantitative estimate of drug-likeness (QED) is 0.190. The van der Waals surface area contributed by atoms with Crippen LogP contribution in [0.3, 0.4) is 0 Å². The fraction of sp³-hybridized carbons (Fsp3) is 0.267. The molecular weight excluding hydrogens is 580 g/mol. The van der Waals surface area contributed by atoms with Crippen LogP contribution in [0.5, 0.6) is 40.4 Å². The molecule has 0 atom stereocenters. The highest BCUT2D eigenvalue weighted by molar-refractivity contribution is 7.93. The topological polar surface area (TPSA) is 141 Å². The van der Waals surface area contributed by atoms with Crippen molar-refractivity contribution in [2.24, 2.45) is 0 Å². The lowest BCUT2D eigenvalue weighted by molar-refractivity contribution is 0.104. The van der Waals surface area contributed by atoms with E-state index in [1.54, 1.807) is 18.2 Å². The molecule has 0 saturated heterocycles. The van der Waals surface area contributed by atoms with Gasteiger partial charge in [-0.3, -0.25) is 4.79 Å². The number of pyridine rings is 1. The number of benzene rings is 2. The van der Waals surface area contributed by atoms with E-state index in [-0.39, 0.29) is 17.4 Å². The Labute approximate surface area is 250 Å². The van der Waals surface area contributed by atoms with Crippen LogP contribution in [0.2, 0.25) is 0 Å². The van der Waals surface area contributed by atoms with E-state index in [0.29, 0.717) is 56.9 Å². The number of sulfone groups is 1. The molecule has 0 aliphatic heterocycles. The van der Waals surface area contributed by atoms with Gasteiger partial charge in [-0.15, -0.1) is 0 Å². The first-order valence-electron chi connectivity index (χ1n) is 12.6. The molecule has 0 fully saturated rings. The van der Waals surface area contributed by atoms with Crippen molar-refractivity contribution in [1.82, 2.24) is 4.98 Å². The molecule has 43 heavy (non-hydrogen) atoms. The first kappa shape index (κ1) is 32.6. The van der Waals surface area contributed by atoms with E-state index in [0.717, 1.165) is 5.41 Å². The van der Waals surface area contributed by atoms with E-state index < -0.39 is 9.84 Å². The molecule has 3 aromatic rings. The minimum atomic E-state index is -3.76. The monoisotopic (exact) mass is 614 g/mol. The molecule has 0 bridgehead atoms. The third-order valence-corrected chi connectivity index (χ3v) is 7.37. The van der Waals surface area contributed by atoms with Crippen LogP contribution in [0.4, 0.5) is 5.69 Å². The molecule has 0 unspecified atom stereocenters. The molecule has 0 aliphatic carbocycles. The zero-order valence-corrected chi connectivity index (χ0v) is 25.7. The molecule has 3 rings (SSSR count). The fourth-order valence-electron chi connectivity index (χ4n) is 4.02. The van der Waals surface area contributed by atoms with Gasteiger partial charge in [0, 0.05) is 41.6 Å². The van der Waals surface area contributed by atoms with Gasteiger partial charge >= 0.3 is 0 Å². The van der Waals surface area contributed by atoms with Crippen molar-refractivity contribution in [3.8, 4) is 40.4 Å². The number of hydrogen-bond acceptors (Lipinski definition) is 12. The molecule has 0 spiro atoms. The Balaban J connectivity index is 1.81. The highest BCUT2D eigenvalue weighted by Gasteiger charge is 2.17. The fourth-order valence-corrected chi connectivity index (χ4v) is 5.08. The lowest BCUT2D eigenvalue weighted by Crippen LogP contribution is -2.04. The van der Waals surface area contributed by atoms with Crippen molar-refractivity contribution >= 4 is 27.4 Å². The highest BCUT2D eigenvalue weighted by atomic mass is 32.2. The maximum atomic E-state index is 13.0. The average Bonchev–Trinajstić information content (AvgIpc) is 3.02. The summed E-state index contributed by atoms with van der Waals surface area (Å²) in [6.45, 7) is 0. The molecule has 0 saturated carbocycles. The zero-order valence-electron chi connectivity index (χ0n) is 24.9. The predicted octanol–water partition coefficient (Wildman–Crippen LogP) is 4.54. The first-order chi connectivity index (χ1) is 20.6. The number of nitrogens with zero attached hydrogens (tertiary/aromatic N) is 1. The predicted molar refractivity (Wildman–Crippen MR) is 162 cm³/mol. The van der Waals surface area contributed by atoms with Crippen LogP contribution in [0.1, 0.15) is 21.5 Å². The lowest BCUT2D eigenvalue weighted by atomic mass is 10.1. The van der Waals surface area contributed by atoms with E-state index in [2.05, 4.69) is 10.3 Å². The summed E-state index contributed by atoms with van der Waals surface area (Å²) in [7, 11) is 6.47. The Kier molecular flexibility index (Phi) is 11.2. The van der Waals surface area contributed by atoms with Gasteiger partial charge in [0.25, 0.3) is 0 Å². The number of anilines is 1. The van der Waals surface area contributed by atoms with Crippen molar-refractivity contribution in [2.45, 2.75) is 5.75 Å². The van der Waals surface area contributed by atoms with Gasteiger partial charge in [0.2, 0.25) is 11.6 Å². The van der Waals surface area contributed by atoms with Gasteiger partial charge in [-0.2, -0.15) is 0 Å². The molecule has 13 heteroatoms. The normalized spacial score (nSPS) is 11.3. The van der Waals surface area contributed by atoms with E-state index in [1.165, 1.54) is 86.5 Å². The number of aromatic nitrogens is 1. The number of rotatable bonds is 15. The first-order valence-corrected chi connectivity index (χ1v) is 14.4. The summed E-state index contributed by atoms with van der Waals surface area (Å²) in [5, 5.41) is 4.01. The summed E-state index contributed by atoms with van der Waals surface area (Å²) in [6.07, 6.45) is 5.49. The van der Waals surface area contributed by atoms with Crippen LogP contribution in [-0.2, 0) is 15.6 Å². The minimum Gasteiger partial charge on any atom is -0.496 e. The van der Waals surface area contributed by atoms with Gasteiger partial charge in [0.05, 0.1) is 61.1 Å². The zero-order chi connectivity index (χ0) is 31.6. The third-order valence-electron chi connectivity index (χ3n) is 6.09. The van der Waals surface area contributed by atoms with Crippen LogP contribution in [0.15, 0.2) is 54.2 Å². The molecular formula is C30H34N2O10S. The number of ether oxygens (including phenoxy) is 7. The number of allylic oxidation sites excluding steroid dienone is 1. The standard InChI is InChI=1S/C30H34N2O10S/c1-36-21-15-25(37-2)22(26(16-21)38-3)9-11-43(34,35)18-19-12-23(30(42-7)32-17-19)31-10-8-24(33)20-13-27(39-4)29(41-6)28(14-20)40-5/h8-17,31H,18H2,1-7H3. The Morgan fingerprint density at radius 1 is 0.791 bits per heavy atom. The van der Waals surface area contributed by atoms with Crippen molar-refractivity contribution in [3.05, 3.63) is 70.9 Å². The minimum absolute atomic E-state index is 0.203. The molecule has 0 amide bonds. The molecule has 0 aliphatic rings. The second-order valence-corrected chi connectivity index (χ2v) is 10.6. The Hall–Kier alpha value is -4.91. The smallest absolute Gasteiger partial charge is 0.237 e. The van der Waals surface area contributed by atoms with Gasteiger partial charge < -0.3 is 38.5 Å². The molecule has 1 heterocycles. The van der Waals surface area contributed by atoms with E-state index in [4.69, 9.17) is 33.2 Å². The van der Waals surface area contributed by atoms with Gasteiger partial charge in [0.15, 0.2) is 27.1 Å². The van der Waals surface area contributed by atoms with Crippen molar-refractivity contribution in [2.75, 3.05) is 55.1 Å². The maximum absolute atomic E-state index is 13.0. The van der Waals surface area contributed by atoms with Gasteiger partial charge in [0.1, 0.15) is 22.9 Å². The Morgan fingerprint density at radius 2 is 1.40 bits per heavy atom. The van der Waals surface area contributed by atoms with Crippen LogP contribution in [0.25, 0.3) is 6.08 Å². The molecule has 2 aromatic carbocycles. The number of hydrogen-bond donors (Lipinski definition) is 1. The number of carbonyl (C=O) groups excluding carboxylic acids is 1. The molecule has 0 radical (unpaired) electrons. The Bertz CT molecular complexity index is 1570. The van der Waals surface area contributed by atoms with E-state index in [1.807, 2.05) is 0 Å². The van der Waals surface area contributed by atoms with Crippen LogP contribution in [-0.4, -0.2) is 69.0 Å². The number of nitrogens with one attached hydrogen (secondary N) is 1. The summed E-state index contributed by atoms with van der Waals surface area (Å²) in [4.78, 5) is 17.1. The van der Waals surface area contributed by atoms with Gasteiger partial charge in [-0.05, 0) is 29.8 Å². The largest absolute Gasteiger partial charge is 0.496 e. The second-order valence-electron chi connectivity index (χ2n) is 8.71. The number of methoxy groups -OCH3 is 7. The van der Waals surface area contributed by atoms with E-state index in [9.17, 15) is 13.2 Å². The average molecular weight is 615 g/mol. The lowest BCUT2D eigenvalue weighted by Gasteiger charge is -2.13. The van der Waals surface area contributed by atoms with Crippen LogP contribution in [0, 0.1) is 0 Å². The van der Waals surface area contributed by atoms with Gasteiger partial charge in [-0.25, -0.2) is 13.4 Å². The number of ketones is 1. The number of carbonyl (C=O) groups is 1. The Morgan fingerprint density at radius 3 is 1.91 bits per heavy atom. The van der Waals surface area contributed by atoms with Crippen LogP contribution >= 0.6 is 0 Å². The maximum Gasteiger partial charge on any atom is 0.237 e. The molecule has 1 aromatic heterocycles. The van der Waals surface area contributed by atoms with Crippen LogP contribution < -0.4 is 38.5 Å². The summed E-state index contributed by atoms with van der Waals surface area (Å²) >= 11 is 0. The molecule has 230 valence electrons. The highest BCUT2D eigenvalue weighted by Crippen LogP contribution is 2.38. The summed E-state index contributed by atoms with van der Waals surface area (Å²) in [6, 6.07) is 7.89. The second kappa shape index (κ2) is 14.8. The van der Waals surface area contributed by atoms with Gasteiger partial charge in [-0.1, -0.05) is 0 Å².